The molecule has 4 nitrogen and oxygen atoms in total. The number of Topliss-reactive ketones (excluding diaryl/α,β-unsaturated/α-hetero) is 2. The van der Waals surface area contributed by atoms with Crippen LogP contribution in [0.25, 0.3) is 5.57 Å². The third-order valence-electron chi connectivity index (χ3n) is 2.62. The van der Waals surface area contributed by atoms with E-state index in [0.29, 0.717) is 23.3 Å². The molecule has 1 aliphatic heterocycles. The van der Waals surface area contributed by atoms with Gasteiger partial charge in [0.1, 0.15) is 0 Å². The number of hydrogen-bond donors (Lipinski definition) is 1. The van der Waals surface area contributed by atoms with Crippen LogP contribution in [0.3, 0.4) is 0 Å². The first kappa shape index (κ1) is 11.3. The molecule has 0 atom stereocenters. The molecule has 1 aromatic rings. The van der Waals surface area contributed by atoms with Crippen LogP contribution in [-0.4, -0.2) is 17.5 Å². The molecular weight excluding hydrogens is 218 g/mol. The summed E-state index contributed by atoms with van der Waals surface area (Å²) in [5.41, 5.74) is 1.46. The predicted molar refractivity (Wildman–Crippen MR) is 61.8 cm³/mol. The minimum atomic E-state index is -0.999. The van der Waals surface area contributed by atoms with Crippen LogP contribution in [0.2, 0.25) is 0 Å². The average molecular weight is 229 g/mol. The minimum Gasteiger partial charge on any atom is -0.322 e. The van der Waals surface area contributed by atoms with Crippen molar-refractivity contribution in [1.29, 1.82) is 0 Å². The lowest BCUT2D eigenvalue weighted by molar-refractivity contribution is -0.143. The van der Waals surface area contributed by atoms with Crippen molar-refractivity contribution in [2.45, 2.75) is 13.3 Å². The fraction of sp³-hybridized carbons (Fsp3) is 0.154. The molecule has 0 saturated heterocycles. The Kier molecular flexibility index (Phi) is 2.87. The number of carbonyl (C=O) groups is 3. The van der Waals surface area contributed by atoms with Crippen molar-refractivity contribution in [3.05, 3.63) is 41.6 Å². The fourth-order valence-electron chi connectivity index (χ4n) is 1.79. The van der Waals surface area contributed by atoms with Gasteiger partial charge in [-0.2, -0.15) is 0 Å². The van der Waals surface area contributed by atoms with Crippen molar-refractivity contribution in [3.63, 3.8) is 0 Å². The molecule has 1 N–H and O–H groups in total. The van der Waals surface area contributed by atoms with Gasteiger partial charge in [0.05, 0.1) is 5.57 Å². The molecule has 0 fully saturated rings. The predicted octanol–water partition coefficient (Wildman–Crippen LogP) is 1.08. The first-order valence-corrected chi connectivity index (χ1v) is 5.33. The summed E-state index contributed by atoms with van der Waals surface area (Å²) in [6.45, 7) is 1.82. The van der Waals surface area contributed by atoms with Crippen LogP contribution >= 0.6 is 0 Å². The average Bonchev–Trinajstić information content (AvgIpc) is 2.36. The second-order valence-electron chi connectivity index (χ2n) is 3.69. The van der Waals surface area contributed by atoms with E-state index in [2.05, 4.69) is 5.32 Å². The smallest absolute Gasteiger partial charge is 0.300 e. The lowest BCUT2D eigenvalue weighted by atomic mass is 9.93. The van der Waals surface area contributed by atoms with E-state index in [1.165, 1.54) is 0 Å². The summed E-state index contributed by atoms with van der Waals surface area (Å²) in [6.07, 6.45) is 0.495. The molecule has 1 aromatic carbocycles. The van der Waals surface area contributed by atoms with Crippen molar-refractivity contribution in [3.8, 4) is 0 Å². The first-order chi connectivity index (χ1) is 8.15. The van der Waals surface area contributed by atoms with Crippen LogP contribution in [0.5, 0.6) is 0 Å². The molecule has 0 saturated carbocycles. The molecule has 1 amide bonds. The highest BCUT2D eigenvalue weighted by Crippen LogP contribution is 2.23. The number of amides is 1. The summed E-state index contributed by atoms with van der Waals surface area (Å²) in [5.74, 6) is -2.57. The van der Waals surface area contributed by atoms with Crippen LogP contribution in [0.15, 0.2) is 36.0 Å². The molecule has 0 radical (unpaired) electrons. The van der Waals surface area contributed by atoms with Gasteiger partial charge in [-0.05, 0) is 12.0 Å². The van der Waals surface area contributed by atoms with Crippen LogP contribution < -0.4 is 5.32 Å². The molecule has 1 aliphatic rings. The maximum Gasteiger partial charge on any atom is 0.300 e. The minimum absolute atomic E-state index is 0.303. The molecule has 0 aliphatic carbocycles. The third-order valence-corrected chi connectivity index (χ3v) is 2.62. The maximum atomic E-state index is 11.8. The van der Waals surface area contributed by atoms with Gasteiger partial charge in [0.2, 0.25) is 5.78 Å². The lowest BCUT2D eigenvalue weighted by Gasteiger charge is -2.18. The van der Waals surface area contributed by atoms with E-state index in [4.69, 9.17) is 0 Å². The highest BCUT2D eigenvalue weighted by atomic mass is 16.2. The Labute approximate surface area is 98.3 Å². The van der Waals surface area contributed by atoms with Gasteiger partial charge in [0.15, 0.2) is 0 Å². The normalized spacial score (nSPS) is 16.2. The van der Waals surface area contributed by atoms with Gasteiger partial charge in [-0.3, -0.25) is 14.4 Å². The van der Waals surface area contributed by atoms with Crippen molar-refractivity contribution < 1.29 is 14.4 Å². The van der Waals surface area contributed by atoms with Gasteiger partial charge < -0.3 is 5.32 Å². The first-order valence-electron chi connectivity index (χ1n) is 5.33. The summed E-state index contributed by atoms with van der Waals surface area (Å²) >= 11 is 0. The summed E-state index contributed by atoms with van der Waals surface area (Å²) in [4.78, 5) is 34.4. The fourth-order valence-corrected chi connectivity index (χ4v) is 1.79. The number of benzene rings is 1. The van der Waals surface area contributed by atoms with Crippen LogP contribution in [0.1, 0.15) is 18.9 Å². The Morgan fingerprint density at radius 2 is 1.65 bits per heavy atom. The number of hydrogen-bond acceptors (Lipinski definition) is 3. The molecule has 86 valence electrons. The zero-order valence-corrected chi connectivity index (χ0v) is 9.32. The van der Waals surface area contributed by atoms with Gasteiger partial charge in [0.25, 0.3) is 11.7 Å². The highest BCUT2D eigenvalue weighted by molar-refractivity contribution is 6.73. The summed E-state index contributed by atoms with van der Waals surface area (Å²) in [6, 6.07) is 8.87. The maximum absolute atomic E-state index is 11.8. The van der Waals surface area contributed by atoms with Gasteiger partial charge in [0, 0.05) is 5.70 Å². The number of allylic oxidation sites excluding steroid dienone is 2. The zero-order chi connectivity index (χ0) is 12.4. The van der Waals surface area contributed by atoms with Crippen LogP contribution in [-0.2, 0) is 14.4 Å². The van der Waals surface area contributed by atoms with Crippen LogP contribution in [0, 0.1) is 0 Å². The van der Waals surface area contributed by atoms with Gasteiger partial charge >= 0.3 is 0 Å². The Morgan fingerprint density at radius 1 is 1.00 bits per heavy atom. The van der Waals surface area contributed by atoms with E-state index in [-0.39, 0.29) is 0 Å². The molecule has 0 aromatic heterocycles. The highest BCUT2D eigenvalue weighted by Gasteiger charge is 2.34. The molecular formula is C13H11NO3. The third kappa shape index (κ3) is 1.89. The second-order valence-corrected chi connectivity index (χ2v) is 3.69. The van der Waals surface area contributed by atoms with Gasteiger partial charge in [-0.15, -0.1) is 0 Å². The Balaban J connectivity index is 2.58. The Morgan fingerprint density at radius 3 is 2.24 bits per heavy atom. The topological polar surface area (TPSA) is 63.2 Å². The monoisotopic (exact) mass is 229 g/mol. The summed E-state index contributed by atoms with van der Waals surface area (Å²) in [5, 5.41) is 2.47. The lowest BCUT2D eigenvalue weighted by Crippen LogP contribution is -2.41. The summed E-state index contributed by atoms with van der Waals surface area (Å²) in [7, 11) is 0. The van der Waals surface area contributed by atoms with Gasteiger partial charge in [-0.25, -0.2) is 0 Å². The van der Waals surface area contributed by atoms with Crippen molar-refractivity contribution in [2.75, 3.05) is 0 Å². The van der Waals surface area contributed by atoms with Gasteiger partial charge in [-0.1, -0.05) is 37.3 Å². The Hall–Kier alpha value is -2.23. The number of carbonyl (C=O) groups excluding carboxylic acids is 3. The van der Waals surface area contributed by atoms with E-state index in [9.17, 15) is 14.4 Å². The molecule has 2 rings (SSSR count). The second kappa shape index (κ2) is 4.33. The van der Waals surface area contributed by atoms with Crippen molar-refractivity contribution in [1.82, 2.24) is 5.32 Å². The van der Waals surface area contributed by atoms with E-state index >= 15 is 0 Å². The van der Waals surface area contributed by atoms with Crippen LogP contribution in [0.4, 0.5) is 0 Å². The molecule has 17 heavy (non-hydrogen) atoms. The zero-order valence-electron chi connectivity index (χ0n) is 9.32. The van der Waals surface area contributed by atoms with Crippen molar-refractivity contribution in [2.24, 2.45) is 0 Å². The number of ketones is 2. The Bertz CT molecular complexity index is 529. The number of nitrogens with one attached hydrogen (secondary N) is 1. The molecule has 0 spiro atoms. The standard InChI is InChI=1S/C13H11NO3/c1-2-9-10(8-6-4-3-5-7-8)11(15)12(16)13(17)14-9/h3-7H,2H2,1H3,(H,14,17). The van der Waals surface area contributed by atoms with E-state index in [0.717, 1.165) is 0 Å². The molecule has 1 heterocycles. The molecule has 0 bridgehead atoms. The largest absolute Gasteiger partial charge is 0.322 e. The van der Waals surface area contributed by atoms with E-state index in [1.54, 1.807) is 24.3 Å². The molecule has 0 unspecified atom stereocenters. The van der Waals surface area contributed by atoms with Crippen molar-refractivity contribution >= 4 is 23.0 Å². The quantitative estimate of drug-likeness (QED) is 0.772. The number of rotatable bonds is 2. The van der Waals surface area contributed by atoms with E-state index < -0.39 is 17.5 Å². The summed E-state index contributed by atoms with van der Waals surface area (Å²) < 4.78 is 0. The molecule has 4 heteroatoms. The van der Waals surface area contributed by atoms with E-state index in [1.807, 2.05) is 13.0 Å². The SMILES string of the molecule is CCC1=C(c2ccccc2)C(=O)C(=O)C(=O)N1.